The van der Waals surface area contributed by atoms with Gasteiger partial charge in [0, 0.05) is 32.7 Å². The monoisotopic (exact) mass is 511 g/mol. The summed E-state index contributed by atoms with van der Waals surface area (Å²) in [6, 6.07) is 2.61. The molecule has 10 nitrogen and oxygen atoms in total. The van der Waals surface area contributed by atoms with E-state index in [4.69, 9.17) is 53.8 Å². The van der Waals surface area contributed by atoms with E-state index in [1.165, 1.54) is 12.1 Å². The molecule has 0 aliphatic carbocycles. The second kappa shape index (κ2) is 12.5. The van der Waals surface area contributed by atoms with Crippen LogP contribution < -0.4 is 5.32 Å². The van der Waals surface area contributed by atoms with Crippen molar-refractivity contribution in [3.8, 4) is 0 Å². The lowest BCUT2D eigenvalue weighted by molar-refractivity contribution is -0.190. The van der Waals surface area contributed by atoms with Crippen molar-refractivity contribution in [2.75, 3.05) is 11.9 Å². The van der Waals surface area contributed by atoms with Gasteiger partial charge in [-0.15, -0.1) is 0 Å². The maximum Gasteiger partial charge on any atom is 0.303 e. The van der Waals surface area contributed by atoms with E-state index < -0.39 is 54.7 Å². The van der Waals surface area contributed by atoms with Crippen LogP contribution in [0.3, 0.4) is 0 Å². The van der Waals surface area contributed by atoms with Crippen LogP contribution >= 0.6 is 34.8 Å². The molecule has 0 fully saturated rings. The maximum atomic E-state index is 13.0. The van der Waals surface area contributed by atoms with Crippen molar-refractivity contribution in [3.63, 3.8) is 0 Å². The molecule has 176 valence electrons. The average Bonchev–Trinajstić information content (AvgIpc) is 2.63. The minimum Gasteiger partial charge on any atom is -0.462 e. The number of hydrogen-bond acceptors (Lipinski definition) is 9. The van der Waals surface area contributed by atoms with Crippen molar-refractivity contribution in [1.82, 2.24) is 0 Å². The zero-order chi connectivity index (χ0) is 24.6. The molecule has 0 aliphatic heterocycles. The Morgan fingerprint density at radius 3 is 1.75 bits per heavy atom. The van der Waals surface area contributed by atoms with Gasteiger partial charge in [0.2, 0.25) is 6.10 Å². The van der Waals surface area contributed by atoms with Crippen molar-refractivity contribution in [1.29, 1.82) is 0 Å². The molecule has 3 atom stereocenters. The first-order valence-electron chi connectivity index (χ1n) is 8.92. The van der Waals surface area contributed by atoms with E-state index in [-0.39, 0.29) is 20.8 Å². The zero-order valence-electron chi connectivity index (χ0n) is 17.4. The number of halogens is 3. The highest BCUT2D eigenvalue weighted by Gasteiger charge is 2.42. The summed E-state index contributed by atoms with van der Waals surface area (Å²) in [6.07, 6.45) is -5.03. The van der Waals surface area contributed by atoms with E-state index in [2.05, 4.69) is 5.32 Å². The number of rotatable bonds is 9. The summed E-state index contributed by atoms with van der Waals surface area (Å²) in [5.74, 6) is -4.44. The number of hydrogen-bond donors (Lipinski definition) is 1. The van der Waals surface area contributed by atoms with Gasteiger partial charge in [0.05, 0.1) is 15.7 Å². The Kier molecular flexibility index (Phi) is 10.7. The molecule has 0 saturated heterocycles. The third-order valence-corrected chi connectivity index (χ3v) is 4.36. The summed E-state index contributed by atoms with van der Waals surface area (Å²) in [7, 11) is 0. The highest BCUT2D eigenvalue weighted by Crippen LogP contribution is 2.34. The van der Waals surface area contributed by atoms with Gasteiger partial charge in [0.1, 0.15) is 6.61 Å². The van der Waals surface area contributed by atoms with Crippen molar-refractivity contribution in [2.45, 2.75) is 46.0 Å². The normalized spacial score (nSPS) is 13.2. The molecule has 0 saturated carbocycles. The van der Waals surface area contributed by atoms with Crippen LogP contribution in [0.25, 0.3) is 0 Å². The number of ether oxygens (including phenoxy) is 4. The van der Waals surface area contributed by atoms with Crippen LogP contribution in [0, 0.1) is 0 Å². The third-order valence-electron chi connectivity index (χ3n) is 3.54. The first-order chi connectivity index (χ1) is 14.8. The number of carbonyl (C=O) groups is 5. The summed E-state index contributed by atoms with van der Waals surface area (Å²) < 4.78 is 20.1. The minimum atomic E-state index is -1.85. The van der Waals surface area contributed by atoms with Crippen LogP contribution in [0.4, 0.5) is 5.69 Å². The fourth-order valence-electron chi connectivity index (χ4n) is 2.44. The Morgan fingerprint density at radius 2 is 1.31 bits per heavy atom. The van der Waals surface area contributed by atoms with Gasteiger partial charge in [0.15, 0.2) is 12.2 Å². The first-order valence-corrected chi connectivity index (χ1v) is 10.1. The molecule has 0 aliphatic rings. The lowest BCUT2D eigenvalue weighted by atomic mass is 10.1. The molecule has 0 spiro atoms. The van der Waals surface area contributed by atoms with Crippen LogP contribution in [0.2, 0.25) is 15.1 Å². The molecule has 1 amide bonds. The first kappa shape index (κ1) is 27.5. The Balaban J connectivity index is 3.39. The quantitative estimate of drug-likeness (QED) is 0.391. The smallest absolute Gasteiger partial charge is 0.303 e. The van der Waals surface area contributed by atoms with E-state index in [0.29, 0.717) is 0 Å². The van der Waals surface area contributed by atoms with Crippen LogP contribution in [0.5, 0.6) is 0 Å². The molecule has 1 aromatic carbocycles. The minimum absolute atomic E-state index is 0.0297. The number of nitrogens with one attached hydrogen (secondary N) is 1. The van der Waals surface area contributed by atoms with E-state index in [9.17, 15) is 24.0 Å². The lowest BCUT2D eigenvalue weighted by Gasteiger charge is -2.31. The van der Waals surface area contributed by atoms with Gasteiger partial charge in [-0.3, -0.25) is 24.0 Å². The molecule has 1 rings (SSSR count). The molecule has 0 radical (unpaired) electrons. The van der Waals surface area contributed by atoms with Crippen molar-refractivity contribution >= 4 is 70.3 Å². The summed E-state index contributed by atoms with van der Waals surface area (Å²) in [4.78, 5) is 59.2. The fourth-order valence-corrected chi connectivity index (χ4v) is 3.35. The van der Waals surface area contributed by atoms with Crippen LogP contribution in [-0.4, -0.2) is 54.7 Å². The standard InChI is InChI=1S/C19H20Cl3NO9/c1-8(24)29-7-15(30-9(2)25)17(31-10(3)26)18(32-11(4)27)19(28)23-16-13(21)5-12(20)6-14(16)22/h5-6,15,17-18H,7H2,1-4H3,(H,23,28)/t15-,17+,18-/m0/s1. The van der Waals surface area contributed by atoms with Crippen molar-refractivity contribution in [2.24, 2.45) is 0 Å². The number of anilines is 1. The molecular formula is C19H20Cl3NO9. The Labute approximate surface area is 198 Å². The number of benzene rings is 1. The predicted molar refractivity (Wildman–Crippen MR) is 113 cm³/mol. The summed E-state index contributed by atoms with van der Waals surface area (Å²) in [6.45, 7) is 3.55. The summed E-state index contributed by atoms with van der Waals surface area (Å²) in [5.41, 5.74) is -0.0644. The second-order valence-electron chi connectivity index (χ2n) is 6.29. The van der Waals surface area contributed by atoms with Gasteiger partial charge in [-0.1, -0.05) is 34.8 Å². The molecule has 0 aromatic heterocycles. The van der Waals surface area contributed by atoms with Crippen molar-refractivity contribution < 1.29 is 42.9 Å². The molecule has 1 N–H and O–H groups in total. The SMILES string of the molecule is CC(=O)OC[C@H](OC(C)=O)[C@@H](OC(C)=O)[C@H](OC(C)=O)C(=O)Nc1c(Cl)cc(Cl)cc1Cl. The third kappa shape index (κ3) is 8.89. The Bertz CT molecular complexity index is 883. The highest BCUT2D eigenvalue weighted by molar-refractivity contribution is 6.42. The van der Waals surface area contributed by atoms with E-state index in [1.807, 2.05) is 0 Å². The predicted octanol–water partition coefficient (Wildman–Crippen LogP) is 2.94. The Hall–Kier alpha value is -2.56. The molecule has 32 heavy (non-hydrogen) atoms. The number of carbonyl (C=O) groups excluding carboxylic acids is 5. The topological polar surface area (TPSA) is 134 Å². The average molecular weight is 513 g/mol. The molecule has 13 heteroatoms. The lowest BCUT2D eigenvalue weighted by Crippen LogP contribution is -2.52. The van der Waals surface area contributed by atoms with Gasteiger partial charge in [0.25, 0.3) is 5.91 Å². The van der Waals surface area contributed by atoms with Crippen LogP contribution in [0.15, 0.2) is 12.1 Å². The largest absolute Gasteiger partial charge is 0.462 e. The van der Waals surface area contributed by atoms with Crippen molar-refractivity contribution in [3.05, 3.63) is 27.2 Å². The van der Waals surface area contributed by atoms with E-state index in [0.717, 1.165) is 27.7 Å². The van der Waals surface area contributed by atoms with Gasteiger partial charge >= 0.3 is 23.9 Å². The van der Waals surface area contributed by atoms with Crippen LogP contribution in [-0.2, 0) is 42.9 Å². The molecule has 0 heterocycles. The van der Waals surface area contributed by atoms with Gasteiger partial charge in [-0.05, 0) is 12.1 Å². The van der Waals surface area contributed by atoms with E-state index in [1.54, 1.807) is 0 Å². The van der Waals surface area contributed by atoms with Crippen LogP contribution in [0.1, 0.15) is 27.7 Å². The zero-order valence-corrected chi connectivity index (χ0v) is 19.7. The van der Waals surface area contributed by atoms with Gasteiger partial charge in [-0.2, -0.15) is 0 Å². The number of amides is 1. The maximum absolute atomic E-state index is 13.0. The fraction of sp³-hybridized carbons (Fsp3) is 0.421. The second-order valence-corrected chi connectivity index (χ2v) is 7.54. The van der Waals surface area contributed by atoms with E-state index >= 15 is 0 Å². The summed E-state index contributed by atoms with van der Waals surface area (Å²) in [5, 5.41) is 2.50. The summed E-state index contributed by atoms with van der Waals surface area (Å²) >= 11 is 18.0. The molecular weight excluding hydrogens is 493 g/mol. The Morgan fingerprint density at radius 1 is 0.812 bits per heavy atom. The van der Waals surface area contributed by atoms with Gasteiger partial charge in [-0.25, -0.2) is 0 Å². The van der Waals surface area contributed by atoms with Gasteiger partial charge < -0.3 is 24.3 Å². The molecule has 0 bridgehead atoms. The number of esters is 4. The highest BCUT2D eigenvalue weighted by atomic mass is 35.5. The molecule has 1 aromatic rings. The molecule has 0 unspecified atom stereocenters.